The maximum absolute atomic E-state index is 13.8. The molecule has 13 heteroatoms. The molecule has 220 valence electrons. The topological polar surface area (TPSA) is 131 Å². The summed E-state index contributed by atoms with van der Waals surface area (Å²) >= 11 is 5.86. The lowest BCUT2D eigenvalue weighted by Crippen LogP contribution is -2.38. The largest absolute Gasteiger partial charge is 0.497 e. The number of methoxy groups -OCH3 is 2. The van der Waals surface area contributed by atoms with Crippen LogP contribution in [0.3, 0.4) is 0 Å². The van der Waals surface area contributed by atoms with Crippen molar-refractivity contribution in [3.63, 3.8) is 0 Å². The molecule has 0 saturated carbocycles. The van der Waals surface area contributed by atoms with Crippen molar-refractivity contribution in [2.45, 2.75) is 16.7 Å². The second-order valence-electron chi connectivity index (χ2n) is 9.05. The first-order valence-electron chi connectivity index (χ1n) is 12.4. The van der Waals surface area contributed by atoms with E-state index in [1.54, 1.807) is 36.4 Å². The van der Waals surface area contributed by atoms with Crippen LogP contribution in [0.2, 0.25) is 5.02 Å². The summed E-state index contributed by atoms with van der Waals surface area (Å²) in [5.74, 6) is -0.105. The number of halogens is 1. The van der Waals surface area contributed by atoms with Crippen molar-refractivity contribution in [2.75, 3.05) is 35.1 Å². The zero-order valence-electron chi connectivity index (χ0n) is 22.9. The van der Waals surface area contributed by atoms with E-state index in [-0.39, 0.29) is 26.9 Å². The molecular weight excluding hydrogens is 602 g/mol. The van der Waals surface area contributed by atoms with Gasteiger partial charge in [0.25, 0.3) is 20.0 Å². The van der Waals surface area contributed by atoms with E-state index in [1.807, 2.05) is 6.92 Å². The quantitative estimate of drug-likeness (QED) is 0.230. The normalized spacial score (nSPS) is 11.4. The number of ether oxygens (including phenoxy) is 2. The number of nitrogens with one attached hydrogen (secondary N) is 2. The average molecular weight is 630 g/mol. The summed E-state index contributed by atoms with van der Waals surface area (Å²) in [4.78, 5) is 13.1. The smallest absolute Gasteiger partial charge is 0.264 e. The summed E-state index contributed by atoms with van der Waals surface area (Å²) in [5.41, 5.74) is 1.56. The van der Waals surface area contributed by atoms with Crippen LogP contribution in [0.1, 0.15) is 5.56 Å². The van der Waals surface area contributed by atoms with E-state index < -0.39 is 32.5 Å². The van der Waals surface area contributed by atoms with Gasteiger partial charge in [-0.2, -0.15) is 0 Å². The van der Waals surface area contributed by atoms with Crippen LogP contribution in [-0.2, 0) is 24.8 Å². The first-order valence-corrected chi connectivity index (χ1v) is 15.7. The summed E-state index contributed by atoms with van der Waals surface area (Å²) in [6, 6.07) is 22.5. The van der Waals surface area contributed by atoms with Gasteiger partial charge in [0.1, 0.15) is 18.0 Å². The molecule has 0 heterocycles. The predicted molar refractivity (Wildman–Crippen MR) is 163 cm³/mol. The molecule has 10 nitrogen and oxygen atoms in total. The first kappa shape index (κ1) is 30.7. The summed E-state index contributed by atoms with van der Waals surface area (Å²) in [6.07, 6.45) is 0. The highest BCUT2D eigenvalue weighted by atomic mass is 35.5. The summed E-state index contributed by atoms with van der Waals surface area (Å²) in [7, 11) is -5.32. The SMILES string of the molecule is COc1ccc(OC)c(N(CC(=O)Nc2ccc(S(=O)(=O)Nc3ccc(Cl)cc3)cc2)S(=O)(=O)c2ccc(C)cc2)c1. The van der Waals surface area contributed by atoms with Gasteiger partial charge < -0.3 is 14.8 Å². The van der Waals surface area contributed by atoms with E-state index in [9.17, 15) is 21.6 Å². The number of carbonyl (C=O) groups excluding carboxylic acids is 1. The molecule has 0 aliphatic heterocycles. The minimum Gasteiger partial charge on any atom is -0.497 e. The molecular formula is C29H28ClN3O7S2. The number of carbonyl (C=O) groups is 1. The van der Waals surface area contributed by atoms with Crippen molar-refractivity contribution in [2.24, 2.45) is 0 Å². The minimum atomic E-state index is -4.23. The molecule has 0 radical (unpaired) electrons. The third kappa shape index (κ3) is 7.14. The number of hydrogen-bond acceptors (Lipinski definition) is 7. The van der Waals surface area contributed by atoms with Crippen LogP contribution in [0.15, 0.2) is 101 Å². The molecule has 4 rings (SSSR count). The van der Waals surface area contributed by atoms with E-state index >= 15 is 0 Å². The van der Waals surface area contributed by atoms with Gasteiger partial charge in [0.05, 0.1) is 29.7 Å². The lowest BCUT2D eigenvalue weighted by atomic mass is 10.2. The number of nitrogens with zero attached hydrogens (tertiary/aromatic N) is 1. The molecule has 0 aromatic heterocycles. The summed E-state index contributed by atoms with van der Waals surface area (Å²) < 4.78 is 67.2. The van der Waals surface area contributed by atoms with Crippen molar-refractivity contribution in [1.82, 2.24) is 0 Å². The Hall–Kier alpha value is -4.26. The third-order valence-electron chi connectivity index (χ3n) is 6.10. The van der Waals surface area contributed by atoms with Gasteiger partial charge in [-0.3, -0.25) is 13.8 Å². The minimum absolute atomic E-state index is 0.0199. The second-order valence-corrected chi connectivity index (χ2v) is 13.0. The van der Waals surface area contributed by atoms with Crippen molar-refractivity contribution in [3.05, 3.63) is 102 Å². The Labute approximate surface area is 250 Å². The lowest BCUT2D eigenvalue weighted by Gasteiger charge is -2.26. The van der Waals surface area contributed by atoms with E-state index in [0.717, 1.165) is 9.87 Å². The Morgan fingerprint density at radius 2 is 1.38 bits per heavy atom. The van der Waals surface area contributed by atoms with Crippen molar-refractivity contribution >= 4 is 54.6 Å². The number of hydrogen-bond donors (Lipinski definition) is 2. The molecule has 0 unspecified atom stereocenters. The molecule has 42 heavy (non-hydrogen) atoms. The number of aryl methyl sites for hydroxylation is 1. The van der Waals surface area contributed by atoms with E-state index in [1.165, 1.54) is 68.8 Å². The van der Waals surface area contributed by atoms with E-state index in [2.05, 4.69) is 10.0 Å². The van der Waals surface area contributed by atoms with Crippen molar-refractivity contribution in [1.29, 1.82) is 0 Å². The second kappa shape index (κ2) is 12.7. The Kier molecular flexibility index (Phi) is 9.30. The highest BCUT2D eigenvalue weighted by Crippen LogP contribution is 2.35. The van der Waals surface area contributed by atoms with Gasteiger partial charge in [-0.25, -0.2) is 16.8 Å². The molecule has 0 saturated heterocycles. The van der Waals surface area contributed by atoms with Crippen LogP contribution < -0.4 is 23.8 Å². The number of amides is 1. The van der Waals surface area contributed by atoms with Crippen molar-refractivity contribution in [3.8, 4) is 11.5 Å². The Bertz CT molecular complexity index is 1780. The Balaban J connectivity index is 1.59. The standard InChI is InChI=1S/C29H28ClN3O7S2/c1-20-4-13-26(14-5-20)42(37,38)33(27-18-24(39-2)12-17-28(27)40-3)19-29(34)31-22-10-15-25(16-11-22)41(35,36)32-23-8-6-21(30)7-9-23/h4-18,32H,19H2,1-3H3,(H,31,34). The highest BCUT2D eigenvalue weighted by molar-refractivity contribution is 7.93. The van der Waals surface area contributed by atoms with E-state index in [0.29, 0.717) is 16.5 Å². The highest BCUT2D eigenvalue weighted by Gasteiger charge is 2.30. The molecule has 0 atom stereocenters. The first-order chi connectivity index (χ1) is 19.9. The van der Waals surface area contributed by atoms with Gasteiger partial charge in [-0.15, -0.1) is 0 Å². The fourth-order valence-electron chi connectivity index (χ4n) is 3.91. The number of anilines is 3. The maximum Gasteiger partial charge on any atom is 0.264 e. The zero-order chi connectivity index (χ0) is 30.5. The van der Waals surface area contributed by atoms with Gasteiger partial charge in [0.2, 0.25) is 5.91 Å². The van der Waals surface area contributed by atoms with Crippen LogP contribution in [0.5, 0.6) is 11.5 Å². The monoisotopic (exact) mass is 629 g/mol. The molecule has 0 bridgehead atoms. The third-order valence-corrected chi connectivity index (χ3v) is 9.52. The van der Waals surface area contributed by atoms with Gasteiger partial charge in [-0.05, 0) is 79.7 Å². The van der Waals surface area contributed by atoms with Crippen LogP contribution in [0, 0.1) is 6.92 Å². The van der Waals surface area contributed by atoms with Crippen LogP contribution in [0.4, 0.5) is 17.1 Å². The van der Waals surface area contributed by atoms with Crippen molar-refractivity contribution < 1.29 is 31.1 Å². The van der Waals surface area contributed by atoms with Gasteiger partial charge in [0, 0.05) is 22.5 Å². The molecule has 0 aliphatic carbocycles. The number of sulfonamides is 2. The summed E-state index contributed by atoms with van der Waals surface area (Å²) in [6.45, 7) is 1.22. The van der Waals surface area contributed by atoms with Gasteiger partial charge in [-0.1, -0.05) is 29.3 Å². The molecule has 4 aromatic rings. The Morgan fingerprint density at radius 3 is 1.98 bits per heavy atom. The maximum atomic E-state index is 13.8. The van der Waals surface area contributed by atoms with Gasteiger partial charge >= 0.3 is 0 Å². The fraction of sp³-hybridized carbons (Fsp3) is 0.138. The van der Waals surface area contributed by atoms with Gasteiger partial charge in [0.15, 0.2) is 0 Å². The molecule has 0 spiro atoms. The summed E-state index contributed by atoms with van der Waals surface area (Å²) in [5, 5.41) is 3.09. The lowest BCUT2D eigenvalue weighted by molar-refractivity contribution is -0.114. The molecule has 4 aromatic carbocycles. The van der Waals surface area contributed by atoms with Crippen LogP contribution in [0.25, 0.3) is 0 Å². The average Bonchev–Trinajstić information content (AvgIpc) is 2.97. The van der Waals surface area contributed by atoms with Crippen LogP contribution >= 0.6 is 11.6 Å². The van der Waals surface area contributed by atoms with Crippen LogP contribution in [-0.4, -0.2) is 43.5 Å². The molecule has 0 fully saturated rings. The molecule has 2 N–H and O–H groups in total. The number of rotatable bonds is 11. The zero-order valence-corrected chi connectivity index (χ0v) is 25.3. The fourth-order valence-corrected chi connectivity index (χ4v) is 6.52. The van der Waals surface area contributed by atoms with E-state index in [4.69, 9.17) is 21.1 Å². The molecule has 0 aliphatic rings. The number of benzene rings is 4. The Morgan fingerprint density at radius 1 is 0.786 bits per heavy atom. The predicted octanol–water partition coefficient (Wildman–Crippen LogP) is 5.30. The molecule has 1 amide bonds.